The Labute approximate surface area is 126 Å². The zero-order chi connectivity index (χ0) is 15.4. The van der Waals surface area contributed by atoms with E-state index in [1.54, 1.807) is 0 Å². The van der Waals surface area contributed by atoms with Gasteiger partial charge in [0.05, 0.1) is 5.69 Å². The van der Waals surface area contributed by atoms with Gasteiger partial charge in [-0.05, 0) is 26.3 Å². The molecule has 1 aromatic rings. The van der Waals surface area contributed by atoms with Crippen molar-refractivity contribution >= 4 is 5.91 Å². The van der Waals surface area contributed by atoms with E-state index >= 15 is 0 Å². The minimum absolute atomic E-state index is 0.101. The van der Waals surface area contributed by atoms with Crippen molar-refractivity contribution in [2.75, 3.05) is 32.7 Å². The molecule has 0 bridgehead atoms. The molecule has 2 rings (SSSR count). The first-order chi connectivity index (χ1) is 10.1. The van der Waals surface area contributed by atoms with Gasteiger partial charge in [0.2, 0.25) is 0 Å². The average molecular weight is 293 g/mol. The molecule has 0 radical (unpaired) electrons. The van der Waals surface area contributed by atoms with Crippen LogP contribution in [0.3, 0.4) is 0 Å². The number of carbonyl (C=O) groups is 1. The molecule has 1 aromatic heterocycles. The van der Waals surface area contributed by atoms with Crippen LogP contribution in [-0.4, -0.2) is 64.3 Å². The molecule has 1 amide bonds. The highest BCUT2D eigenvalue weighted by atomic mass is 16.2. The lowest BCUT2D eigenvalue weighted by Gasteiger charge is -2.37. The summed E-state index contributed by atoms with van der Waals surface area (Å²) in [5.41, 5.74) is 7.41. The van der Waals surface area contributed by atoms with E-state index in [0.29, 0.717) is 12.6 Å². The highest BCUT2D eigenvalue weighted by Gasteiger charge is 2.26. The van der Waals surface area contributed by atoms with E-state index in [1.165, 1.54) is 0 Å². The number of nitrogens with two attached hydrogens (primary N) is 1. The van der Waals surface area contributed by atoms with Gasteiger partial charge in [0.25, 0.3) is 5.91 Å². The van der Waals surface area contributed by atoms with Crippen LogP contribution in [0.4, 0.5) is 0 Å². The highest BCUT2D eigenvalue weighted by molar-refractivity contribution is 5.92. The third-order valence-electron chi connectivity index (χ3n) is 4.28. The highest BCUT2D eigenvalue weighted by Crippen LogP contribution is 2.12. The molecule has 1 saturated heterocycles. The van der Waals surface area contributed by atoms with E-state index in [-0.39, 0.29) is 5.91 Å². The summed E-state index contributed by atoms with van der Waals surface area (Å²) in [5, 5.41) is 4.46. The molecule has 0 saturated carbocycles. The van der Waals surface area contributed by atoms with Crippen LogP contribution in [0.15, 0.2) is 6.07 Å². The first kappa shape index (κ1) is 16.0. The molecule has 2 N–H and O–H groups in total. The summed E-state index contributed by atoms with van der Waals surface area (Å²) in [6, 6.07) is 2.32. The molecule has 21 heavy (non-hydrogen) atoms. The van der Waals surface area contributed by atoms with Crippen molar-refractivity contribution in [3.8, 4) is 0 Å². The van der Waals surface area contributed by atoms with Crippen molar-refractivity contribution < 1.29 is 4.79 Å². The molecular formula is C15H27N5O. The number of hydrogen-bond acceptors (Lipinski definition) is 4. The van der Waals surface area contributed by atoms with Gasteiger partial charge in [-0.15, -0.1) is 0 Å². The van der Waals surface area contributed by atoms with Crippen LogP contribution in [0.25, 0.3) is 0 Å². The smallest absolute Gasteiger partial charge is 0.272 e. The van der Waals surface area contributed by atoms with Gasteiger partial charge in [0.15, 0.2) is 0 Å². The van der Waals surface area contributed by atoms with E-state index in [0.717, 1.165) is 50.5 Å². The van der Waals surface area contributed by atoms with Gasteiger partial charge in [-0.3, -0.25) is 14.4 Å². The molecule has 6 heteroatoms. The van der Waals surface area contributed by atoms with Crippen LogP contribution < -0.4 is 5.73 Å². The van der Waals surface area contributed by atoms with Crippen molar-refractivity contribution in [3.05, 3.63) is 17.5 Å². The van der Waals surface area contributed by atoms with Gasteiger partial charge < -0.3 is 10.6 Å². The quantitative estimate of drug-likeness (QED) is 0.862. The number of piperazine rings is 1. The molecule has 1 atom stereocenters. The summed E-state index contributed by atoms with van der Waals surface area (Å²) in [5.74, 6) is 0.101. The SMILES string of the molecule is CCc1cc(C(=O)N2CCN(C(C)CN)CC2)n(CC)n1. The number of rotatable bonds is 5. The number of amides is 1. The molecular weight excluding hydrogens is 266 g/mol. The number of nitrogens with zero attached hydrogens (tertiary/aromatic N) is 4. The van der Waals surface area contributed by atoms with E-state index in [2.05, 4.69) is 23.8 Å². The van der Waals surface area contributed by atoms with Crippen LogP contribution >= 0.6 is 0 Å². The van der Waals surface area contributed by atoms with E-state index in [4.69, 9.17) is 5.73 Å². The predicted molar refractivity (Wildman–Crippen MR) is 83.3 cm³/mol. The average Bonchev–Trinajstić information content (AvgIpc) is 2.97. The first-order valence-electron chi connectivity index (χ1n) is 7.90. The summed E-state index contributed by atoms with van der Waals surface area (Å²) < 4.78 is 1.82. The molecule has 2 heterocycles. The maximum absolute atomic E-state index is 12.7. The van der Waals surface area contributed by atoms with Crippen molar-refractivity contribution in [3.63, 3.8) is 0 Å². The van der Waals surface area contributed by atoms with Crippen LogP contribution in [0.1, 0.15) is 37.0 Å². The Morgan fingerprint density at radius 2 is 2.00 bits per heavy atom. The summed E-state index contributed by atoms with van der Waals surface area (Å²) in [7, 11) is 0. The number of carbonyl (C=O) groups excluding carboxylic acids is 1. The van der Waals surface area contributed by atoms with Gasteiger partial charge in [-0.2, -0.15) is 5.10 Å². The second kappa shape index (κ2) is 7.04. The second-order valence-corrected chi connectivity index (χ2v) is 5.60. The summed E-state index contributed by atoms with van der Waals surface area (Å²) in [6.07, 6.45) is 0.856. The Bertz CT molecular complexity index is 476. The zero-order valence-electron chi connectivity index (χ0n) is 13.4. The maximum atomic E-state index is 12.7. The first-order valence-corrected chi connectivity index (χ1v) is 7.90. The molecule has 0 aliphatic carbocycles. The lowest BCUT2D eigenvalue weighted by molar-refractivity contribution is 0.0577. The third-order valence-corrected chi connectivity index (χ3v) is 4.28. The zero-order valence-corrected chi connectivity index (χ0v) is 13.4. The van der Waals surface area contributed by atoms with Gasteiger partial charge in [0.1, 0.15) is 5.69 Å². The number of aromatic nitrogens is 2. The molecule has 1 aliphatic rings. The normalized spacial score (nSPS) is 18.0. The number of aryl methyl sites for hydroxylation is 2. The standard InChI is InChI=1S/C15H27N5O/c1-4-13-10-14(20(5-2)17-13)15(21)19-8-6-18(7-9-19)12(3)11-16/h10,12H,4-9,11,16H2,1-3H3. The van der Waals surface area contributed by atoms with Crippen LogP contribution in [0.5, 0.6) is 0 Å². The Balaban J connectivity index is 2.03. The molecule has 0 spiro atoms. The summed E-state index contributed by atoms with van der Waals surface area (Å²) >= 11 is 0. The third kappa shape index (κ3) is 3.44. The van der Waals surface area contributed by atoms with Crippen molar-refractivity contribution in [2.24, 2.45) is 5.73 Å². The van der Waals surface area contributed by atoms with Crippen LogP contribution in [-0.2, 0) is 13.0 Å². The van der Waals surface area contributed by atoms with E-state index < -0.39 is 0 Å². The Hall–Kier alpha value is -1.40. The fourth-order valence-electron chi connectivity index (χ4n) is 2.73. The summed E-state index contributed by atoms with van der Waals surface area (Å²) in [4.78, 5) is 17.0. The minimum Gasteiger partial charge on any atom is -0.335 e. The molecule has 1 unspecified atom stereocenters. The fourth-order valence-corrected chi connectivity index (χ4v) is 2.73. The van der Waals surface area contributed by atoms with Gasteiger partial charge in [-0.25, -0.2) is 0 Å². The Morgan fingerprint density at radius 3 is 2.52 bits per heavy atom. The predicted octanol–water partition coefficient (Wildman–Crippen LogP) is 0.570. The van der Waals surface area contributed by atoms with Crippen molar-refractivity contribution in [2.45, 2.75) is 39.8 Å². The second-order valence-electron chi connectivity index (χ2n) is 5.60. The van der Waals surface area contributed by atoms with Gasteiger partial charge >= 0.3 is 0 Å². The topological polar surface area (TPSA) is 67.4 Å². The lowest BCUT2D eigenvalue weighted by atomic mass is 10.2. The molecule has 0 aromatic carbocycles. The molecule has 1 aliphatic heterocycles. The van der Waals surface area contributed by atoms with Crippen LogP contribution in [0, 0.1) is 0 Å². The van der Waals surface area contributed by atoms with Gasteiger partial charge in [-0.1, -0.05) is 6.92 Å². The monoisotopic (exact) mass is 293 g/mol. The van der Waals surface area contributed by atoms with E-state index in [9.17, 15) is 4.79 Å². The maximum Gasteiger partial charge on any atom is 0.272 e. The Kier molecular flexibility index (Phi) is 5.36. The summed E-state index contributed by atoms with van der Waals surface area (Å²) in [6.45, 7) is 10.9. The largest absolute Gasteiger partial charge is 0.335 e. The van der Waals surface area contributed by atoms with Crippen LogP contribution in [0.2, 0.25) is 0 Å². The van der Waals surface area contributed by atoms with Crippen molar-refractivity contribution in [1.29, 1.82) is 0 Å². The molecule has 118 valence electrons. The van der Waals surface area contributed by atoms with Gasteiger partial charge in [0, 0.05) is 45.3 Å². The molecule has 6 nitrogen and oxygen atoms in total. The van der Waals surface area contributed by atoms with E-state index in [1.807, 2.05) is 22.6 Å². The Morgan fingerprint density at radius 1 is 1.33 bits per heavy atom. The van der Waals surface area contributed by atoms with Crippen molar-refractivity contribution in [1.82, 2.24) is 19.6 Å². The molecule has 1 fully saturated rings. The number of hydrogen-bond donors (Lipinski definition) is 1. The minimum atomic E-state index is 0.101. The lowest BCUT2D eigenvalue weighted by Crippen LogP contribution is -2.53. The fraction of sp³-hybridized carbons (Fsp3) is 0.733.